The zero-order valence-electron chi connectivity index (χ0n) is 29.6. The number of rotatable bonds is 20. The molecule has 0 radical (unpaired) electrons. The Balaban J connectivity index is 2.48. The molecule has 0 aliphatic carbocycles. The minimum atomic E-state index is -0.882. The zero-order chi connectivity index (χ0) is 34.9. The Bertz CT molecular complexity index is 1120. The van der Waals surface area contributed by atoms with Gasteiger partial charge in [-0.1, -0.05) is 66.7 Å². The summed E-state index contributed by atoms with van der Waals surface area (Å²) in [6.07, 6.45) is 5.95. The molecule has 0 saturated carbocycles. The van der Waals surface area contributed by atoms with Gasteiger partial charge in [0.1, 0.15) is 11.0 Å². The number of ether oxygens (including phenoxy) is 2. The van der Waals surface area contributed by atoms with Gasteiger partial charge in [-0.3, -0.25) is 14.5 Å². The summed E-state index contributed by atoms with van der Waals surface area (Å²) in [5, 5.41) is 16.9. The Morgan fingerprint density at radius 3 is 2.49 bits per heavy atom. The van der Waals surface area contributed by atoms with Gasteiger partial charge < -0.3 is 30.1 Å². The SMILES string of the molecule is CCCCCCN(C(=O)[C@H](NC(=O)[C@H]1CCCCN1C)[C@H](C)CC)[C@@H](C[C@H](OC(=O)NCCO)c1nc(C(=O)OCC)cs1)C(C)C. The van der Waals surface area contributed by atoms with E-state index in [1.807, 2.05) is 39.6 Å². The van der Waals surface area contributed by atoms with Gasteiger partial charge in [0, 0.05) is 30.9 Å². The first-order valence-corrected chi connectivity index (χ1v) is 18.4. The van der Waals surface area contributed by atoms with E-state index in [1.54, 1.807) is 12.3 Å². The lowest BCUT2D eigenvalue weighted by atomic mass is 9.91. The maximum atomic E-state index is 14.7. The van der Waals surface area contributed by atoms with E-state index < -0.39 is 24.2 Å². The van der Waals surface area contributed by atoms with Crippen LogP contribution in [0.3, 0.4) is 0 Å². The Morgan fingerprint density at radius 1 is 1.13 bits per heavy atom. The third-order valence-electron chi connectivity index (χ3n) is 8.92. The maximum Gasteiger partial charge on any atom is 0.407 e. The molecule has 1 aliphatic heterocycles. The van der Waals surface area contributed by atoms with E-state index in [4.69, 9.17) is 9.47 Å². The largest absolute Gasteiger partial charge is 0.461 e. The van der Waals surface area contributed by atoms with Gasteiger partial charge >= 0.3 is 12.1 Å². The van der Waals surface area contributed by atoms with Crippen molar-refractivity contribution in [3.05, 3.63) is 16.1 Å². The second-order valence-electron chi connectivity index (χ2n) is 12.8. The van der Waals surface area contributed by atoms with E-state index in [9.17, 15) is 24.3 Å². The standard InChI is InChI=1S/C34H59N5O7S/c1-8-11-12-14-19-39(32(42)29(24(6)9-2)37-30(41)26-16-13-15-18-38(26)7)27(23(4)5)21-28(46-34(44)35-17-20-40)31-36-25(22-47-31)33(43)45-10-3/h22-24,26-29,40H,8-21H2,1-7H3,(H,35,44)(H,37,41)/t24-,26-,27+,28+,29-/m1/s1. The fourth-order valence-electron chi connectivity index (χ4n) is 5.91. The first kappa shape index (κ1) is 40.4. The van der Waals surface area contributed by atoms with Crippen LogP contribution in [0.4, 0.5) is 4.79 Å². The average Bonchev–Trinajstić information content (AvgIpc) is 3.55. The number of aromatic nitrogens is 1. The molecule has 1 aromatic heterocycles. The number of likely N-dealkylation sites (N-methyl/N-ethyl adjacent to an activating group) is 1. The summed E-state index contributed by atoms with van der Waals surface area (Å²) in [6, 6.07) is -1.36. The summed E-state index contributed by atoms with van der Waals surface area (Å²) in [7, 11) is 1.96. The monoisotopic (exact) mass is 681 g/mol. The van der Waals surface area contributed by atoms with Gasteiger partial charge in [-0.25, -0.2) is 14.6 Å². The van der Waals surface area contributed by atoms with Crippen LogP contribution in [0.5, 0.6) is 0 Å². The molecule has 268 valence electrons. The van der Waals surface area contributed by atoms with Crippen molar-refractivity contribution in [2.24, 2.45) is 11.8 Å². The summed E-state index contributed by atoms with van der Waals surface area (Å²) >= 11 is 1.18. The summed E-state index contributed by atoms with van der Waals surface area (Å²) in [6.45, 7) is 13.2. The van der Waals surface area contributed by atoms with E-state index in [2.05, 4.69) is 27.4 Å². The molecule has 0 bridgehead atoms. The van der Waals surface area contributed by atoms with Gasteiger partial charge in [0.2, 0.25) is 11.8 Å². The second-order valence-corrected chi connectivity index (χ2v) is 13.7. The lowest BCUT2D eigenvalue weighted by molar-refractivity contribution is -0.142. The number of alkyl carbamates (subject to hydrolysis) is 1. The lowest BCUT2D eigenvalue weighted by Gasteiger charge is -2.40. The van der Waals surface area contributed by atoms with Gasteiger partial charge in [0.25, 0.3) is 0 Å². The van der Waals surface area contributed by atoms with Crippen LogP contribution in [-0.4, -0.2) is 102 Å². The molecule has 1 saturated heterocycles. The lowest BCUT2D eigenvalue weighted by Crippen LogP contribution is -2.59. The molecule has 2 heterocycles. The molecule has 0 aromatic carbocycles. The number of unbranched alkanes of at least 4 members (excludes halogenated alkanes) is 3. The van der Waals surface area contributed by atoms with Crippen molar-refractivity contribution in [1.29, 1.82) is 0 Å². The number of carbonyl (C=O) groups excluding carboxylic acids is 4. The molecule has 3 N–H and O–H groups in total. The number of nitrogens with one attached hydrogen (secondary N) is 2. The second kappa shape index (κ2) is 21.3. The van der Waals surface area contributed by atoms with Crippen LogP contribution in [0.25, 0.3) is 0 Å². The normalized spacial score (nSPS) is 17.8. The summed E-state index contributed by atoms with van der Waals surface area (Å²) < 4.78 is 11.0. The van der Waals surface area contributed by atoms with Crippen molar-refractivity contribution in [3.63, 3.8) is 0 Å². The van der Waals surface area contributed by atoms with Gasteiger partial charge in [-0.05, 0) is 51.6 Å². The van der Waals surface area contributed by atoms with Gasteiger partial charge in [0.15, 0.2) is 11.8 Å². The summed E-state index contributed by atoms with van der Waals surface area (Å²) in [5.74, 6) is -0.972. The number of hydrogen-bond donors (Lipinski definition) is 3. The average molecular weight is 682 g/mol. The molecule has 5 atom stereocenters. The third-order valence-corrected chi connectivity index (χ3v) is 9.86. The quantitative estimate of drug-likeness (QED) is 0.129. The number of nitrogens with zero attached hydrogens (tertiary/aromatic N) is 3. The Kier molecular flexibility index (Phi) is 18.3. The van der Waals surface area contributed by atoms with E-state index in [0.29, 0.717) is 18.0 Å². The van der Waals surface area contributed by atoms with Crippen molar-refractivity contribution in [2.45, 2.75) is 124 Å². The number of aliphatic hydroxyl groups excluding tert-OH is 1. The molecule has 13 heteroatoms. The number of hydrogen-bond acceptors (Lipinski definition) is 10. The highest BCUT2D eigenvalue weighted by atomic mass is 32.1. The number of aliphatic hydroxyl groups is 1. The first-order chi connectivity index (χ1) is 22.5. The predicted octanol–water partition coefficient (Wildman–Crippen LogP) is 4.92. The molecule has 1 aliphatic rings. The highest BCUT2D eigenvalue weighted by molar-refractivity contribution is 7.09. The van der Waals surface area contributed by atoms with Crippen molar-refractivity contribution >= 4 is 35.2 Å². The molecule has 12 nitrogen and oxygen atoms in total. The third kappa shape index (κ3) is 12.6. The summed E-state index contributed by atoms with van der Waals surface area (Å²) in [5.41, 5.74) is 0.122. The smallest absolute Gasteiger partial charge is 0.407 e. The maximum absolute atomic E-state index is 14.7. The number of esters is 1. The number of likely N-dealkylation sites (tertiary alicyclic amines) is 1. The van der Waals surface area contributed by atoms with Crippen LogP contribution in [0, 0.1) is 11.8 Å². The van der Waals surface area contributed by atoms with Crippen molar-refractivity contribution in [3.8, 4) is 0 Å². The van der Waals surface area contributed by atoms with E-state index in [1.165, 1.54) is 11.3 Å². The topological polar surface area (TPSA) is 150 Å². The molecule has 47 heavy (non-hydrogen) atoms. The Hall–Kier alpha value is -2.77. The van der Waals surface area contributed by atoms with Crippen LogP contribution in [-0.2, 0) is 19.1 Å². The van der Waals surface area contributed by atoms with Crippen LogP contribution in [0.15, 0.2) is 5.38 Å². The number of thiazole rings is 1. The fourth-order valence-corrected chi connectivity index (χ4v) is 6.74. The van der Waals surface area contributed by atoms with E-state index in [0.717, 1.165) is 51.5 Å². The molecular formula is C34H59N5O7S. The first-order valence-electron chi connectivity index (χ1n) is 17.5. The zero-order valence-corrected chi connectivity index (χ0v) is 30.4. The van der Waals surface area contributed by atoms with Gasteiger partial charge in [-0.2, -0.15) is 0 Å². The molecule has 0 unspecified atom stereocenters. The van der Waals surface area contributed by atoms with Crippen LogP contribution in [0.1, 0.15) is 121 Å². The van der Waals surface area contributed by atoms with E-state index in [-0.39, 0.29) is 67.6 Å². The highest BCUT2D eigenvalue weighted by Gasteiger charge is 2.38. The number of carbonyl (C=O) groups is 4. The summed E-state index contributed by atoms with van der Waals surface area (Å²) in [4.78, 5) is 61.9. The predicted molar refractivity (Wildman–Crippen MR) is 183 cm³/mol. The minimum absolute atomic E-state index is 0.0135. The number of amides is 3. The van der Waals surface area contributed by atoms with Crippen molar-refractivity contribution in [1.82, 2.24) is 25.4 Å². The minimum Gasteiger partial charge on any atom is -0.461 e. The van der Waals surface area contributed by atoms with E-state index >= 15 is 0 Å². The Labute approximate surface area is 285 Å². The molecule has 1 fully saturated rings. The molecular weight excluding hydrogens is 622 g/mol. The molecule has 3 amide bonds. The van der Waals surface area contributed by atoms with Crippen LogP contribution >= 0.6 is 11.3 Å². The number of piperidine rings is 1. The molecule has 1 aromatic rings. The molecule has 0 spiro atoms. The highest BCUT2D eigenvalue weighted by Crippen LogP contribution is 2.32. The van der Waals surface area contributed by atoms with Gasteiger partial charge in [0.05, 0.1) is 19.3 Å². The van der Waals surface area contributed by atoms with Gasteiger partial charge in [-0.15, -0.1) is 11.3 Å². The van der Waals surface area contributed by atoms with Crippen molar-refractivity contribution < 1.29 is 33.8 Å². The van der Waals surface area contributed by atoms with Crippen LogP contribution in [0.2, 0.25) is 0 Å². The molecule has 2 rings (SSSR count). The Morgan fingerprint density at radius 2 is 1.87 bits per heavy atom. The van der Waals surface area contributed by atoms with Crippen LogP contribution < -0.4 is 10.6 Å². The fraction of sp³-hybridized carbons (Fsp3) is 0.794. The van der Waals surface area contributed by atoms with Crippen molar-refractivity contribution in [2.75, 3.05) is 39.9 Å².